The van der Waals surface area contributed by atoms with Crippen LogP contribution in [0.5, 0.6) is 0 Å². The lowest BCUT2D eigenvalue weighted by Crippen LogP contribution is -2.18. The van der Waals surface area contributed by atoms with Gasteiger partial charge < -0.3 is 57.8 Å². The second-order valence-corrected chi connectivity index (χ2v) is 40.3. The van der Waals surface area contributed by atoms with Gasteiger partial charge in [-0.05, 0) is 322 Å². The number of sulfonamides is 1. The van der Waals surface area contributed by atoms with Crippen molar-refractivity contribution >= 4 is 99.7 Å². The average molecular weight is 1830 g/mol. The molecule has 5 aliphatic carbocycles. The van der Waals surface area contributed by atoms with E-state index in [1.807, 2.05) is 95.3 Å². The highest BCUT2D eigenvalue weighted by Crippen LogP contribution is 2.49. The van der Waals surface area contributed by atoms with Crippen LogP contribution in [-0.2, 0) is 10.0 Å². The fourth-order valence-corrected chi connectivity index (χ4v) is 21.1. The van der Waals surface area contributed by atoms with Crippen molar-refractivity contribution in [3.8, 4) is 89.0 Å². The Kier molecular flexibility index (Phi) is 22.6. The van der Waals surface area contributed by atoms with Crippen molar-refractivity contribution in [2.45, 2.75) is 212 Å². The number of nitrogens with zero attached hydrogens (tertiary/aromatic N) is 12. The van der Waals surface area contributed by atoms with Crippen LogP contribution in [0.25, 0.3) is 155 Å². The van der Waals surface area contributed by atoms with Crippen LogP contribution in [0.3, 0.4) is 0 Å². The Morgan fingerprint density at radius 3 is 1.00 bits per heavy atom. The number of imidazole rings is 5. The number of allylic oxidation sites excluding steroid dienone is 2. The number of hydrogen-bond donors (Lipinski definition) is 8. The van der Waals surface area contributed by atoms with Gasteiger partial charge in [0.25, 0.3) is 0 Å². The van der Waals surface area contributed by atoms with E-state index in [0.29, 0.717) is 36.1 Å². The molecule has 136 heavy (non-hydrogen) atoms. The molecule has 5 fully saturated rings. The van der Waals surface area contributed by atoms with Gasteiger partial charge in [-0.3, -0.25) is 14.7 Å². The fourth-order valence-electron chi connectivity index (χ4n) is 19.8. The van der Waals surface area contributed by atoms with Gasteiger partial charge >= 0.3 is 0 Å². The Morgan fingerprint density at radius 2 is 0.676 bits per heavy atom. The highest BCUT2D eigenvalue weighted by atomic mass is 32.2. The van der Waals surface area contributed by atoms with Gasteiger partial charge in [0, 0.05) is 120 Å². The molecule has 27 nitrogen and oxygen atoms in total. The van der Waals surface area contributed by atoms with E-state index < -0.39 is 10.0 Å². The van der Waals surface area contributed by atoms with Gasteiger partial charge in [-0.15, -0.1) is 0 Å². The van der Waals surface area contributed by atoms with E-state index in [9.17, 15) is 8.42 Å². The summed E-state index contributed by atoms with van der Waals surface area (Å²) in [7, 11) is -3.41. The number of fused-ring (bicyclic) bond motifs is 5. The van der Waals surface area contributed by atoms with Gasteiger partial charge in [-0.1, -0.05) is 74.3 Å². The van der Waals surface area contributed by atoms with Crippen LogP contribution in [0.4, 0.5) is 11.9 Å². The van der Waals surface area contributed by atoms with E-state index in [4.69, 9.17) is 42.6 Å². The molecule has 7 aromatic carbocycles. The molecule has 18 aromatic rings. The number of aromatic amines is 6. The second-order valence-electron chi connectivity index (χ2n) is 38.3. The van der Waals surface area contributed by atoms with Crippen LogP contribution in [0, 0.1) is 103 Å². The molecule has 8 N–H and O–H groups in total. The van der Waals surface area contributed by atoms with E-state index in [-0.39, 0.29) is 11.2 Å². The number of aryl methyl sites for hydroxylation is 14. The minimum Gasteiger partial charge on any atom is -0.364 e. The van der Waals surface area contributed by atoms with Crippen molar-refractivity contribution in [1.29, 1.82) is 0 Å². The zero-order chi connectivity index (χ0) is 94.3. The lowest BCUT2D eigenvalue weighted by atomic mass is 9.93. The van der Waals surface area contributed by atoms with E-state index >= 15 is 0 Å². The molecule has 13 heterocycles. The minimum absolute atomic E-state index is 0.236. The topological polar surface area (TPSA) is 372 Å². The summed E-state index contributed by atoms with van der Waals surface area (Å²) in [5.74, 6) is 11.1. The van der Waals surface area contributed by atoms with Crippen LogP contribution in [0.15, 0.2) is 159 Å². The summed E-state index contributed by atoms with van der Waals surface area (Å²) >= 11 is 0. The molecule has 0 radical (unpaired) electrons. The van der Waals surface area contributed by atoms with Crippen molar-refractivity contribution in [3.05, 3.63) is 235 Å². The van der Waals surface area contributed by atoms with Gasteiger partial charge in [0.05, 0.1) is 102 Å². The zero-order valence-corrected chi connectivity index (χ0v) is 81.0. The third-order valence-corrected chi connectivity index (χ3v) is 29.4. The van der Waals surface area contributed by atoms with Gasteiger partial charge in [0.1, 0.15) is 46.3 Å². The average Bonchev–Trinajstić information content (AvgIpc) is 1.66. The first-order chi connectivity index (χ1) is 65.5. The normalized spacial score (nSPS) is 15.5. The smallest absolute Gasteiger partial charge is 0.237 e. The number of H-pyrrole nitrogens is 6. The molecule has 0 bridgehead atoms. The molecular weight excluding hydrogens is 1720 g/mol. The van der Waals surface area contributed by atoms with E-state index in [1.54, 1.807) is 0 Å². The number of aliphatic imine (C=N–C) groups is 2. The van der Waals surface area contributed by atoms with Crippen LogP contribution in [0.2, 0.25) is 0 Å². The summed E-state index contributed by atoms with van der Waals surface area (Å²) in [6.45, 7) is 39.0. The maximum absolute atomic E-state index is 12.4. The van der Waals surface area contributed by atoms with Gasteiger partial charge in [-0.25, -0.2) is 33.3 Å². The second kappa shape index (κ2) is 34.8. The number of nitrogens with one attached hydrogen (secondary N) is 8. The highest BCUT2D eigenvalue weighted by molar-refractivity contribution is 7.93. The van der Waals surface area contributed by atoms with Gasteiger partial charge in [-0.2, -0.15) is 0 Å². The Bertz CT molecular complexity index is 7790. The molecule has 5 saturated carbocycles. The molecule has 0 amide bonds. The number of anilines is 2. The SMILES string of the molecule is CC1=NCC(C)=C1c1cc(-c2c(C)noc2C)cc2[nH]c(C3CC3)nc12.CC1=NCC(C)=C1c1cc(-c2c(C)noc2C)cc2[nH]c(NCC3CC3)nc12.Cc1c[nH]c(C)c1-c1cc(-c2c(C)noc2C)cc2[nH]c(NS(=O)(=O)C3CC3)nc12.Cc1ccccc1-c1cc(-c2c(C)noc2C)cc2[nH]c(C3CC3)nc12.Cc1ccccc1-c1cc(-c2c(C)noc2C)cc2[nH]c(C3CC3)nc12. The molecule has 692 valence electrons. The number of hydrogen-bond acceptors (Lipinski definition) is 20. The lowest BCUT2D eigenvalue weighted by Gasteiger charge is -2.10. The molecule has 0 saturated heterocycles. The van der Waals surface area contributed by atoms with E-state index in [2.05, 4.69) is 225 Å². The minimum atomic E-state index is -3.41. The van der Waals surface area contributed by atoms with Crippen molar-refractivity contribution in [3.63, 3.8) is 0 Å². The van der Waals surface area contributed by atoms with Crippen LogP contribution < -0.4 is 10.0 Å². The maximum atomic E-state index is 12.4. The van der Waals surface area contributed by atoms with Crippen molar-refractivity contribution < 1.29 is 31.0 Å². The summed E-state index contributed by atoms with van der Waals surface area (Å²) in [6, 6.07) is 38.6. The van der Waals surface area contributed by atoms with Crippen molar-refractivity contribution in [1.82, 2.24) is 80.6 Å². The van der Waals surface area contributed by atoms with Crippen molar-refractivity contribution in [2.75, 3.05) is 29.7 Å². The Morgan fingerprint density at radius 1 is 0.346 bits per heavy atom. The Labute approximate surface area is 787 Å². The van der Waals surface area contributed by atoms with Crippen LogP contribution in [-0.4, -0.2) is 125 Å². The third-order valence-electron chi connectivity index (χ3n) is 27.6. The number of aromatic nitrogens is 16. The molecule has 2 aliphatic heterocycles. The first kappa shape index (κ1) is 88.2. The number of benzene rings is 7. The van der Waals surface area contributed by atoms with E-state index in [0.717, 1.165) is 256 Å². The first-order valence-corrected chi connectivity index (χ1v) is 48.9. The summed E-state index contributed by atoms with van der Waals surface area (Å²) < 4.78 is 54.5. The van der Waals surface area contributed by atoms with Gasteiger partial charge in [0.15, 0.2) is 0 Å². The molecule has 28 heteroatoms. The summed E-state index contributed by atoms with van der Waals surface area (Å²) in [5.41, 5.74) is 45.8. The van der Waals surface area contributed by atoms with E-state index in [1.165, 1.54) is 107 Å². The molecule has 0 atom stereocenters. The largest absolute Gasteiger partial charge is 0.364 e. The van der Waals surface area contributed by atoms with Crippen LogP contribution in [0.1, 0.15) is 218 Å². The fraction of sp³-hybridized carbons (Fsp3) is 0.333. The lowest BCUT2D eigenvalue weighted by molar-refractivity contribution is 0.393. The standard InChI is InChI=1S/C22H25N5O.2C22H21N3O.C21H23N5O3S.C21H22N4O/c1-11-9-23-12(2)19(11)17-7-16(20-13(3)27-28-14(20)4)8-18-21(17)26-22(25-18)24-10-15-5-6-15;2*1-12-6-4-5-7-17(12)18-10-16(20-13(2)25-26-14(20)3)11-19-21(18)24-22(23-19)15-8-9-15;1-10-9-22-11(2)18(10)16-7-14(19-12(3)25-29-13(19)4)8-17-20(16)24-21(23-17)26-30(27,28)15-5-6-15;1-10-9-22-11(2)18(10)16-7-15(19-12(3)25-26-13(19)4)8-17-20(16)24-21(23-17)14-5-6-14/h7-8,15H,5-6,9-10H2,1-4H3,(H2,24,25,26);2*4-7,10-11,15H,8-9H2,1-3H3,(H,23,24);7-9,15,22H,5-6H2,1-4H3,(H2,23,24,26);7-8,14H,5-6,9H2,1-4H3,(H,23,24). The summed E-state index contributed by atoms with van der Waals surface area (Å²) in [5, 5.41) is 23.8. The zero-order valence-electron chi connectivity index (χ0n) is 80.2. The van der Waals surface area contributed by atoms with Crippen LogP contribution >= 0.6 is 0 Å². The van der Waals surface area contributed by atoms with Gasteiger partial charge in [0.2, 0.25) is 21.9 Å². The molecule has 0 spiro atoms. The summed E-state index contributed by atoms with van der Waals surface area (Å²) in [6.07, 6.45) is 13.4. The molecule has 25 rings (SSSR count). The maximum Gasteiger partial charge on any atom is 0.237 e. The monoisotopic (exact) mass is 1830 g/mol. The molecule has 11 aromatic heterocycles. The Hall–Kier alpha value is -14.4. The van der Waals surface area contributed by atoms with Crippen molar-refractivity contribution in [2.24, 2.45) is 15.9 Å². The third kappa shape index (κ3) is 17.0. The summed E-state index contributed by atoms with van der Waals surface area (Å²) in [4.78, 5) is 54.3. The molecule has 0 unspecified atom stereocenters. The predicted molar refractivity (Wildman–Crippen MR) is 539 cm³/mol. The first-order valence-electron chi connectivity index (χ1n) is 47.3. The Balaban J connectivity index is 0.000000102. The quantitative estimate of drug-likeness (QED) is 0.0373. The highest BCUT2D eigenvalue weighted by Gasteiger charge is 2.38. The number of rotatable bonds is 19. The predicted octanol–water partition coefficient (Wildman–Crippen LogP) is 25.6. The molecule has 7 aliphatic rings. The molecular formula is C108H112N20O7S.